The minimum atomic E-state index is -0.685. The van der Waals surface area contributed by atoms with Gasteiger partial charge in [0.05, 0.1) is 0 Å². The molecule has 76 valence electrons. The van der Waals surface area contributed by atoms with E-state index in [0.29, 0.717) is 5.92 Å². The second-order valence-corrected chi connectivity index (χ2v) is 3.54. The Hall–Kier alpha value is -0.840. The van der Waals surface area contributed by atoms with Crippen molar-refractivity contribution >= 4 is 0 Å². The van der Waals surface area contributed by atoms with E-state index >= 15 is 0 Å². The molecule has 1 aliphatic heterocycles. The Bertz CT molecular complexity index is 184. The van der Waals surface area contributed by atoms with Crippen LogP contribution in [-0.2, 0) is 4.84 Å². The Morgan fingerprint density at radius 3 is 2.92 bits per heavy atom. The third kappa shape index (κ3) is 2.55. The van der Waals surface area contributed by atoms with Gasteiger partial charge in [-0.3, -0.25) is 9.74 Å². The summed E-state index contributed by atoms with van der Waals surface area (Å²) in [6.07, 6.45) is 2.73. The molecule has 0 aromatic carbocycles. The highest BCUT2D eigenvalue weighted by atomic mass is 17.0. The number of likely N-dealkylation sites (tertiary alicyclic amines) is 1. The van der Waals surface area contributed by atoms with Crippen molar-refractivity contribution in [1.82, 2.24) is 4.90 Å². The fourth-order valence-electron chi connectivity index (χ4n) is 1.91. The largest absolute Gasteiger partial charge is 0.296 e. The first kappa shape index (κ1) is 10.2. The molecular formula is C8H16N2O3. The predicted octanol–water partition coefficient (Wildman–Crippen LogP) is 1.27. The highest BCUT2D eigenvalue weighted by Crippen LogP contribution is 2.27. The van der Waals surface area contributed by atoms with E-state index in [1.54, 1.807) is 0 Å². The van der Waals surface area contributed by atoms with E-state index < -0.39 is 5.09 Å². The van der Waals surface area contributed by atoms with Crippen LogP contribution in [0.15, 0.2) is 0 Å². The van der Waals surface area contributed by atoms with Gasteiger partial charge in [0, 0.05) is 12.5 Å². The average molecular weight is 188 g/mol. The Balaban J connectivity index is 2.49. The van der Waals surface area contributed by atoms with Crippen molar-refractivity contribution in [3.63, 3.8) is 0 Å². The van der Waals surface area contributed by atoms with Crippen LogP contribution in [0, 0.1) is 16.0 Å². The third-order valence-electron chi connectivity index (χ3n) is 2.54. The molecule has 0 radical (unpaired) electrons. The third-order valence-corrected chi connectivity index (χ3v) is 2.54. The standard InChI is InChI=1S/C8H16N2O3/c1-3-4-7-5-6-9(2)8(7)13-10(11)12/h7-8H,3-6H2,1-2H3. The summed E-state index contributed by atoms with van der Waals surface area (Å²) in [4.78, 5) is 16.7. The fourth-order valence-corrected chi connectivity index (χ4v) is 1.91. The lowest BCUT2D eigenvalue weighted by molar-refractivity contribution is -0.775. The molecule has 2 atom stereocenters. The van der Waals surface area contributed by atoms with Crippen molar-refractivity contribution in [2.24, 2.45) is 5.92 Å². The lowest BCUT2D eigenvalue weighted by atomic mass is 10.0. The zero-order valence-corrected chi connectivity index (χ0v) is 8.10. The summed E-state index contributed by atoms with van der Waals surface area (Å²) in [5, 5.41) is 9.52. The van der Waals surface area contributed by atoms with Crippen molar-refractivity contribution in [1.29, 1.82) is 0 Å². The van der Waals surface area contributed by atoms with Gasteiger partial charge in [0.2, 0.25) is 0 Å². The molecule has 1 saturated heterocycles. The summed E-state index contributed by atoms with van der Waals surface area (Å²) < 4.78 is 0. The van der Waals surface area contributed by atoms with Gasteiger partial charge in [0.15, 0.2) is 6.23 Å². The first-order valence-corrected chi connectivity index (χ1v) is 4.66. The van der Waals surface area contributed by atoms with Crippen molar-refractivity contribution in [3.05, 3.63) is 10.1 Å². The molecule has 0 spiro atoms. The maximum atomic E-state index is 10.2. The van der Waals surface area contributed by atoms with Gasteiger partial charge in [-0.25, -0.2) is 0 Å². The van der Waals surface area contributed by atoms with Gasteiger partial charge in [-0.1, -0.05) is 13.3 Å². The first-order valence-electron chi connectivity index (χ1n) is 4.66. The zero-order valence-electron chi connectivity index (χ0n) is 8.10. The summed E-state index contributed by atoms with van der Waals surface area (Å²) in [6, 6.07) is 0. The van der Waals surface area contributed by atoms with Crippen LogP contribution in [0.2, 0.25) is 0 Å². The topological polar surface area (TPSA) is 55.6 Å². The second-order valence-electron chi connectivity index (χ2n) is 3.54. The van der Waals surface area contributed by atoms with Gasteiger partial charge in [-0.05, 0) is 19.9 Å². The summed E-state index contributed by atoms with van der Waals surface area (Å²) in [5.41, 5.74) is 0. The summed E-state index contributed by atoms with van der Waals surface area (Å²) >= 11 is 0. The van der Waals surface area contributed by atoms with Crippen molar-refractivity contribution in [2.75, 3.05) is 13.6 Å². The maximum Gasteiger partial charge on any atom is 0.296 e. The minimum Gasteiger partial charge on any atom is -0.295 e. The van der Waals surface area contributed by atoms with E-state index in [9.17, 15) is 10.1 Å². The Morgan fingerprint density at radius 1 is 1.69 bits per heavy atom. The normalized spacial score (nSPS) is 29.1. The quantitative estimate of drug-likeness (QED) is 0.492. The van der Waals surface area contributed by atoms with E-state index in [-0.39, 0.29) is 6.23 Å². The zero-order chi connectivity index (χ0) is 9.84. The molecule has 0 bridgehead atoms. The summed E-state index contributed by atoms with van der Waals surface area (Å²) in [7, 11) is 1.86. The molecule has 1 heterocycles. The first-order chi connectivity index (χ1) is 6.15. The van der Waals surface area contributed by atoms with Gasteiger partial charge in [-0.2, -0.15) is 0 Å². The van der Waals surface area contributed by atoms with Crippen molar-refractivity contribution in [2.45, 2.75) is 32.4 Å². The molecule has 0 aromatic rings. The van der Waals surface area contributed by atoms with E-state index in [2.05, 4.69) is 11.8 Å². The molecule has 1 fully saturated rings. The second kappa shape index (κ2) is 4.41. The van der Waals surface area contributed by atoms with Crippen LogP contribution in [0.25, 0.3) is 0 Å². The summed E-state index contributed by atoms with van der Waals surface area (Å²) in [5.74, 6) is 0.320. The molecule has 0 saturated carbocycles. The molecule has 5 nitrogen and oxygen atoms in total. The molecule has 13 heavy (non-hydrogen) atoms. The average Bonchev–Trinajstić information content (AvgIpc) is 2.36. The van der Waals surface area contributed by atoms with Crippen LogP contribution in [-0.4, -0.2) is 29.8 Å². The van der Waals surface area contributed by atoms with Crippen LogP contribution in [0.1, 0.15) is 26.2 Å². The molecule has 0 aliphatic carbocycles. The Kier molecular flexibility index (Phi) is 3.48. The molecule has 0 amide bonds. The van der Waals surface area contributed by atoms with Gasteiger partial charge in [0.1, 0.15) is 0 Å². The Labute approximate surface area is 77.8 Å². The van der Waals surface area contributed by atoms with Gasteiger partial charge in [0.25, 0.3) is 5.09 Å². The minimum absolute atomic E-state index is 0.320. The van der Waals surface area contributed by atoms with Crippen LogP contribution < -0.4 is 0 Å². The van der Waals surface area contributed by atoms with E-state index in [0.717, 1.165) is 25.8 Å². The van der Waals surface area contributed by atoms with Crippen molar-refractivity contribution < 1.29 is 9.92 Å². The number of hydrogen-bond donors (Lipinski definition) is 0. The van der Waals surface area contributed by atoms with Crippen LogP contribution in [0.5, 0.6) is 0 Å². The maximum absolute atomic E-state index is 10.2. The molecular weight excluding hydrogens is 172 g/mol. The Morgan fingerprint density at radius 2 is 2.38 bits per heavy atom. The van der Waals surface area contributed by atoms with Crippen molar-refractivity contribution in [3.8, 4) is 0 Å². The highest BCUT2D eigenvalue weighted by molar-refractivity contribution is 4.77. The molecule has 2 unspecified atom stereocenters. The lowest BCUT2D eigenvalue weighted by Crippen LogP contribution is -2.34. The monoisotopic (exact) mass is 188 g/mol. The smallest absolute Gasteiger partial charge is 0.295 e. The highest BCUT2D eigenvalue weighted by Gasteiger charge is 2.33. The van der Waals surface area contributed by atoms with Crippen LogP contribution in [0.3, 0.4) is 0 Å². The summed E-state index contributed by atoms with van der Waals surface area (Å²) in [6.45, 7) is 2.98. The van der Waals surface area contributed by atoms with Crippen LogP contribution >= 0.6 is 0 Å². The van der Waals surface area contributed by atoms with E-state index in [1.165, 1.54) is 0 Å². The van der Waals surface area contributed by atoms with Crippen LogP contribution in [0.4, 0.5) is 0 Å². The number of rotatable bonds is 4. The lowest BCUT2D eigenvalue weighted by Gasteiger charge is -2.21. The van der Waals surface area contributed by atoms with Gasteiger partial charge < -0.3 is 0 Å². The molecule has 1 aliphatic rings. The van der Waals surface area contributed by atoms with Gasteiger partial charge in [-0.15, -0.1) is 10.1 Å². The van der Waals surface area contributed by atoms with E-state index in [1.807, 2.05) is 11.9 Å². The molecule has 1 rings (SSSR count). The fraction of sp³-hybridized carbons (Fsp3) is 1.00. The molecule has 0 aromatic heterocycles. The predicted molar refractivity (Wildman–Crippen MR) is 47.5 cm³/mol. The molecule has 0 N–H and O–H groups in total. The number of nitrogens with zero attached hydrogens (tertiary/aromatic N) is 2. The number of hydrogen-bond acceptors (Lipinski definition) is 4. The molecule has 5 heteroatoms. The van der Waals surface area contributed by atoms with E-state index in [4.69, 9.17) is 0 Å². The van der Waals surface area contributed by atoms with Gasteiger partial charge >= 0.3 is 0 Å². The SMILES string of the molecule is CCCC1CCN(C)C1O[N+](=O)[O-].